The number of methoxy groups -OCH3 is 1. The molecule has 0 bridgehead atoms. The Hall–Kier alpha value is -2.65. The van der Waals surface area contributed by atoms with Crippen LogP contribution < -0.4 is 0 Å². The van der Waals surface area contributed by atoms with Crippen molar-refractivity contribution in [2.45, 2.75) is 24.8 Å². The number of carbonyl (C=O) groups excluding carboxylic acids is 1. The minimum Gasteiger partial charge on any atom is -0.468 e. The Morgan fingerprint density at radius 2 is 2.42 bits per heavy atom. The Morgan fingerprint density at radius 3 is 3.12 bits per heavy atom. The molecule has 0 unspecified atom stereocenters. The smallest absolute Gasteiger partial charge is 0.327 e. The number of hydrogen-bond donors (Lipinski definition) is 1. The maximum Gasteiger partial charge on any atom is 0.327 e. The number of rotatable bonds is 4. The first-order chi connectivity index (χ1) is 11.7. The van der Waals surface area contributed by atoms with Crippen LogP contribution in [0.2, 0.25) is 0 Å². The number of esters is 1. The molecule has 1 aromatic heterocycles. The second-order valence-corrected chi connectivity index (χ2v) is 5.97. The molecule has 6 nitrogen and oxygen atoms in total. The van der Waals surface area contributed by atoms with Gasteiger partial charge in [0, 0.05) is 24.9 Å². The van der Waals surface area contributed by atoms with E-state index in [0.29, 0.717) is 5.56 Å². The minimum absolute atomic E-state index is 0.264. The number of hydrogen-bond acceptors (Lipinski definition) is 5. The molecule has 0 radical (unpaired) electrons. The molecule has 0 spiro atoms. The van der Waals surface area contributed by atoms with Gasteiger partial charge in [-0.05, 0) is 37.1 Å². The summed E-state index contributed by atoms with van der Waals surface area (Å²) >= 11 is 0. The van der Waals surface area contributed by atoms with E-state index < -0.39 is 6.04 Å². The number of nitrogens with zero attached hydrogens (tertiary/aromatic N) is 3. The number of nitrogens with one attached hydrogen (secondary N) is 1. The summed E-state index contributed by atoms with van der Waals surface area (Å²) in [5.41, 5.74) is 1.34. The van der Waals surface area contributed by atoms with Crippen LogP contribution in [0.3, 0.4) is 0 Å². The van der Waals surface area contributed by atoms with Crippen LogP contribution in [0.15, 0.2) is 36.7 Å². The summed E-state index contributed by atoms with van der Waals surface area (Å²) in [6.45, 7) is 1.54. The van der Waals surface area contributed by atoms with Crippen LogP contribution in [0.1, 0.15) is 41.8 Å². The third kappa shape index (κ3) is 3.31. The molecule has 1 saturated heterocycles. The zero-order chi connectivity index (χ0) is 16.9. The Bertz CT molecular complexity index is 736. The van der Waals surface area contributed by atoms with Crippen molar-refractivity contribution in [3.05, 3.63) is 53.6 Å². The number of aromatic amines is 1. The molecule has 0 aliphatic carbocycles. The van der Waals surface area contributed by atoms with Crippen molar-refractivity contribution in [2.75, 3.05) is 20.2 Å². The van der Waals surface area contributed by atoms with E-state index in [1.807, 2.05) is 12.3 Å². The lowest BCUT2D eigenvalue weighted by Gasteiger charge is -2.36. The normalized spacial score (nSPS) is 19.4. The summed E-state index contributed by atoms with van der Waals surface area (Å²) in [6.07, 6.45) is 5.60. The van der Waals surface area contributed by atoms with Gasteiger partial charge in [0.1, 0.15) is 11.9 Å². The molecule has 1 aliphatic rings. The topological polar surface area (TPSA) is 82.0 Å². The fourth-order valence-electron chi connectivity index (χ4n) is 3.35. The second kappa shape index (κ2) is 7.28. The van der Waals surface area contributed by atoms with E-state index in [2.05, 4.69) is 20.9 Å². The largest absolute Gasteiger partial charge is 0.468 e. The van der Waals surface area contributed by atoms with Crippen molar-refractivity contribution in [3.63, 3.8) is 0 Å². The SMILES string of the molecule is COC(=O)[C@@H](c1cccc(C#N)c1)N1CCC[C@H](c2ncc[nH]2)C1. The number of ether oxygens (including phenoxy) is 1. The lowest BCUT2D eigenvalue weighted by atomic mass is 9.93. The summed E-state index contributed by atoms with van der Waals surface area (Å²) in [5.74, 6) is 0.916. The molecule has 1 N–H and O–H groups in total. The maximum atomic E-state index is 12.4. The van der Waals surface area contributed by atoms with Crippen molar-refractivity contribution in [2.24, 2.45) is 0 Å². The van der Waals surface area contributed by atoms with Gasteiger partial charge in [0.2, 0.25) is 0 Å². The van der Waals surface area contributed by atoms with Crippen LogP contribution in [-0.2, 0) is 9.53 Å². The molecule has 0 saturated carbocycles. The van der Waals surface area contributed by atoms with Crippen molar-refractivity contribution in [3.8, 4) is 6.07 Å². The number of H-pyrrole nitrogens is 1. The van der Waals surface area contributed by atoms with Gasteiger partial charge in [-0.3, -0.25) is 4.90 Å². The second-order valence-electron chi connectivity index (χ2n) is 5.97. The highest BCUT2D eigenvalue weighted by atomic mass is 16.5. The number of nitriles is 1. The number of benzene rings is 1. The molecule has 24 heavy (non-hydrogen) atoms. The van der Waals surface area contributed by atoms with E-state index in [1.165, 1.54) is 7.11 Å². The van der Waals surface area contributed by atoms with E-state index in [0.717, 1.165) is 37.3 Å². The first kappa shape index (κ1) is 16.2. The van der Waals surface area contributed by atoms with Crippen molar-refractivity contribution in [1.82, 2.24) is 14.9 Å². The molecule has 2 atom stereocenters. The Balaban J connectivity index is 1.88. The molecule has 1 fully saturated rings. The lowest BCUT2D eigenvalue weighted by molar-refractivity contribution is -0.148. The van der Waals surface area contributed by atoms with E-state index in [1.54, 1.807) is 24.4 Å². The van der Waals surface area contributed by atoms with Crippen LogP contribution >= 0.6 is 0 Å². The molecule has 2 aromatic rings. The van der Waals surface area contributed by atoms with Gasteiger partial charge in [-0.2, -0.15) is 5.26 Å². The molecule has 1 aliphatic heterocycles. The highest BCUT2D eigenvalue weighted by Crippen LogP contribution is 2.31. The Morgan fingerprint density at radius 1 is 1.54 bits per heavy atom. The van der Waals surface area contributed by atoms with Crippen LogP contribution in [0, 0.1) is 11.3 Å². The molecular formula is C18H20N4O2. The van der Waals surface area contributed by atoms with Crippen molar-refractivity contribution >= 4 is 5.97 Å². The summed E-state index contributed by atoms with van der Waals surface area (Å²) in [4.78, 5) is 22.1. The van der Waals surface area contributed by atoms with Gasteiger partial charge in [-0.15, -0.1) is 0 Å². The van der Waals surface area contributed by atoms with Gasteiger partial charge in [-0.1, -0.05) is 12.1 Å². The lowest BCUT2D eigenvalue weighted by Crippen LogP contribution is -2.41. The number of carbonyl (C=O) groups is 1. The maximum absolute atomic E-state index is 12.4. The highest BCUT2D eigenvalue weighted by Gasteiger charge is 2.33. The van der Waals surface area contributed by atoms with E-state index in [9.17, 15) is 4.79 Å². The van der Waals surface area contributed by atoms with Gasteiger partial charge in [0.15, 0.2) is 0 Å². The van der Waals surface area contributed by atoms with Crippen LogP contribution in [0.4, 0.5) is 0 Å². The van der Waals surface area contributed by atoms with Gasteiger partial charge >= 0.3 is 5.97 Å². The molecule has 0 amide bonds. The van der Waals surface area contributed by atoms with E-state index in [4.69, 9.17) is 10.00 Å². The summed E-state index contributed by atoms with van der Waals surface area (Å²) in [7, 11) is 1.40. The minimum atomic E-state index is -0.499. The monoisotopic (exact) mass is 324 g/mol. The predicted octanol–water partition coefficient (Wildman–Crippen LogP) is 2.38. The average Bonchev–Trinajstić information content (AvgIpc) is 3.17. The summed E-state index contributed by atoms with van der Waals surface area (Å²) in [6, 6.07) is 8.80. The summed E-state index contributed by atoms with van der Waals surface area (Å²) < 4.78 is 5.03. The number of aromatic nitrogens is 2. The fourth-order valence-corrected chi connectivity index (χ4v) is 3.35. The van der Waals surface area contributed by atoms with Gasteiger partial charge < -0.3 is 9.72 Å². The van der Waals surface area contributed by atoms with Gasteiger partial charge in [0.05, 0.1) is 18.7 Å². The molecule has 124 valence electrons. The average molecular weight is 324 g/mol. The molecule has 6 heteroatoms. The third-order valence-corrected chi connectivity index (χ3v) is 4.48. The zero-order valence-corrected chi connectivity index (χ0v) is 13.6. The summed E-state index contributed by atoms with van der Waals surface area (Å²) in [5, 5.41) is 9.12. The first-order valence-electron chi connectivity index (χ1n) is 8.04. The number of likely N-dealkylation sites (tertiary alicyclic amines) is 1. The standard InChI is InChI=1S/C18H20N4O2/c1-24-18(23)16(14-5-2-4-13(10-14)11-19)22-9-3-6-15(12-22)17-20-7-8-21-17/h2,4-5,7-8,10,15-16H,3,6,9,12H2,1H3,(H,20,21)/t15-,16+/m0/s1. The highest BCUT2D eigenvalue weighted by molar-refractivity contribution is 5.77. The quantitative estimate of drug-likeness (QED) is 0.873. The van der Waals surface area contributed by atoms with E-state index >= 15 is 0 Å². The number of imidazole rings is 1. The molecule has 2 heterocycles. The van der Waals surface area contributed by atoms with Crippen LogP contribution in [0.25, 0.3) is 0 Å². The number of piperidine rings is 1. The molecule has 1 aromatic carbocycles. The third-order valence-electron chi connectivity index (χ3n) is 4.48. The van der Waals surface area contributed by atoms with Crippen molar-refractivity contribution in [1.29, 1.82) is 5.26 Å². The van der Waals surface area contributed by atoms with Crippen molar-refractivity contribution < 1.29 is 9.53 Å². The van der Waals surface area contributed by atoms with Gasteiger partial charge in [0.25, 0.3) is 0 Å². The van der Waals surface area contributed by atoms with Gasteiger partial charge in [-0.25, -0.2) is 9.78 Å². The zero-order valence-electron chi connectivity index (χ0n) is 13.6. The fraction of sp³-hybridized carbons (Fsp3) is 0.389. The Labute approximate surface area is 141 Å². The Kier molecular flexibility index (Phi) is 4.92. The molecular weight excluding hydrogens is 304 g/mol. The predicted molar refractivity (Wildman–Crippen MR) is 88.0 cm³/mol. The molecule has 3 rings (SSSR count). The van der Waals surface area contributed by atoms with Crippen LogP contribution in [0.5, 0.6) is 0 Å². The van der Waals surface area contributed by atoms with Crippen LogP contribution in [-0.4, -0.2) is 41.0 Å². The van der Waals surface area contributed by atoms with E-state index in [-0.39, 0.29) is 11.9 Å². The first-order valence-corrected chi connectivity index (χ1v) is 8.04.